The minimum absolute atomic E-state index is 0.118. The standard InChI is InChI=1S/C21H25N3O4S/c1-23(2)19(17-14-24(3)18-7-5-4-6-16(17)18)13-22-29(25,26)15-8-9-20-21(12-15)28-11-10-27-20/h4-9,12,14,19,22H,10-11,13H2,1-3H3. The van der Waals surface area contributed by atoms with E-state index >= 15 is 0 Å². The lowest BCUT2D eigenvalue weighted by Gasteiger charge is -2.25. The molecule has 1 aromatic heterocycles. The van der Waals surface area contributed by atoms with Crippen molar-refractivity contribution in [2.45, 2.75) is 10.9 Å². The van der Waals surface area contributed by atoms with Crippen LogP contribution >= 0.6 is 0 Å². The van der Waals surface area contributed by atoms with Gasteiger partial charge in [-0.2, -0.15) is 0 Å². The molecule has 154 valence electrons. The molecule has 8 heteroatoms. The van der Waals surface area contributed by atoms with E-state index in [0.29, 0.717) is 24.7 Å². The molecule has 3 aromatic rings. The Morgan fingerprint density at radius 1 is 1.10 bits per heavy atom. The third-order valence-electron chi connectivity index (χ3n) is 5.20. The van der Waals surface area contributed by atoms with Crippen LogP contribution in [0.15, 0.2) is 53.6 Å². The molecule has 1 unspecified atom stereocenters. The molecule has 0 amide bonds. The number of aromatic nitrogens is 1. The summed E-state index contributed by atoms with van der Waals surface area (Å²) >= 11 is 0. The molecule has 2 aromatic carbocycles. The van der Waals surface area contributed by atoms with Gasteiger partial charge in [-0.1, -0.05) is 18.2 Å². The lowest BCUT2D eigenvalue weighted by molar-refractivity contribution is 0.171. The molecular weight excluding hydrogens is 390 g/mol. The van der Waals surface area contributed by atoms with E-state index in [9.17, 15) is 8.42 Å². The smallest absolute Gasteiger partial charge is 0.240 e. The molecule has 1 atom stereocenters. The number of hydrogen-bond donors (Lipinski definition) is 1. The highest BCUT2D eigenvalue weighted by Gasteiger charge is 2.24. The lowest BCUT2D eigenvalue weighted by Crippen LogP contribution is -2.34. The maximum atomic E-state index is 12.9. The Bertz CT molecular complexity index is 1140. The number of aryl methyl sites for hydroxylation is 1. The molecule has 0 bridgehead atoms. The number of fused-ring (bicyclic) bond motifs is 2. The minimum atomic E-state index is -3.70. The predicted molar refractivity (Wildman–Crippen MR) is 112 cm³/mol. The summed E-state index contributed by atoms with van der Waals surface area (Å²) < 4.78 is 41.6. The van der Waals surface area contributed by atoms with E-state index < -0.39 is 10.0 Å². The normalized spacial score (nSPS) is 15.0. The number of likely N-dealkylation sites (N-methyl/N-ethyl adjacent to an activating group) is 1. The summed E-state index contributed by atoms with van der Waals surface area (Å²) in [5, 5.41) is 1.12. The van der Waals surface area contributed by atoms with E-state index in [-0.39, 0.29) is 17.5 Å². The number of para-hydroxylation sites is 1. The van der Waals surface area contributed by atoms with Crippen molar-refractivity contribution in [3.05, 3.63) is 54.2 Å². The second-order valence-electron chi connectivity index (χ2n) is 7.35. The Hall–Kier alpha value is -2.55. The van der Waals surface area contributed by atoms with Crippen LogP contribution in [0, 0.1) is 0 Å². The maximum Gasteiger partial charge on any atom is 0.240 e. The molecule has 0 radical (unpaired) electrons. The Kier molecular flexibility index (Phi) is 5.24. The minimum Gasteiger partial charge on any atom is -0.486 e. The number of nitrogens with zero attached hydrogens (tertiary/aromatic N) is 2. The molecule has 0 spiro atoms. The second-order valence-corrected chi connectivity index (χ2v) is 9.12. The van der Waals surface area contributed by atoms with Crippen molar-refractivity contribution < 1.29 is 17.9 Å². The van der Waals surface area contributed by atoms with Crippen LogP contribution in [0.1, 0.15) is 11.6 Å². The third kappa shape index (κ3) is 3.83. The molecular formula is C21H25N3O4S. The van der Waals surface area contributed by atoms with Gasteiger partial charge in [-0.05, 0) is 37.9 Å². The highest BCUT2D eigenvalue weighted by Crippen LogP contribution is 2.33. The third-order valence-corrected chi connectivity index (χ3v) is 6.62. The number of benzene rings is 2. The number of nitrogens with one attached hydrogen (secondary N) is 1. The second kappa shape index (κ2) is 7.70. The molecule has 1 aliphatic heterocycles. The molecule has 7 nitrogen and oxygen atoms in total. The van der Waals surface area contributed by atoms with Gasteiger partial charge in [0.1, 0.15) is 13.2 Å². The molecule has 0 aliphatic carbocycles. The van der Waals surface area contributed by atoms with Crippen LogP contribution in [-0.2, 0) is 17.1 Å². The Morgan fingerprint density at radius 3 is 2.59 bits per heavy atom. The first-order valence-electron chi connectivity index (χ1n) is 9.46. The van der Waals surface area contributed by atoms with Crippen molar-refractivity contribution in [3.8, 4) is 11.5 Å². The van der Waals surface area contributed by atoms with Crippen molar-refractivity contribution in [2.75, 3.05) is 33.9 Å². The van der Waals surface area contributed by atoms with Gasteiger partial charge in [0.05, 0.1) is 4.90 Å². The highest BCUT2D eigenvalue weighted by molar-refractivity contribution is 7.89. The molecule has 4 rings (SSSR count). The zero-order chi connectivity index (χ0) is 20.6. The number of sulfonamides is 1. The number of hydrogen-bond acceptors (Lipinski definition) is 5. The number of rotatable bonds is 6. The average Bonchev–Trinajstić information content (AvgIpc) is 3.04. The summed E-state index contributed by atoms with van der Waals surface area (Å²) in [5.74, 6) is 1.02. The SMILES string of the molecule is CN(C)C(CNS(=O)(=O)c1ccc2c(c1)OCCO2)c1cn(C)c2ccccc12. The van der Waals surface area contributed by atoms with Crippen LogP contribution in [0.25, 0.3) is 10.9 Å². The monoisotopic (exact) mass is 415 g/mol. The van der Waals surface area contributed by atoms with Crippen LogP contribution in [0.5, 0.6) is 11.5 Å². The van der Waals surface area contributed by atoms with Crippen molar-refractivity contribution in [2.24, 2.45) is 7.05 Å². The number of ether oxygens (including phenoxy) is 2. The van der Waals surface area contributed by atoms with Crippen molar-refractivity contribution in [1.82, 2.24) is 14.2 Å². The van der Waals surface area contributed by atoms with Crippen LogP contribution in [0.3, 0.4) is 0 Å². The van der Waals surface area contributed by atoms with Crippen LogP contribution < -0.4 is 14.2 Å². The molecule has 0 saturated carbocycles. The Labute approximate surface area is 170 Å². The zero-order valence-corrected chi connectivity index (χ0v) is 17.6. The molecule has 1 N–H and O–H groups in total. The predicted octanol–water partition coefficient (Wildman–Crippen LogP) is 2.53. The van der Waals surface area contributed by atoms with Gasteiger partial charge in [-0.15, -0.1) is 0 Å². The first-order valence-corrected chi connectivity index (χ1v) is 10.9. The quantitative estimate of drug-likeness (QED) is 0.670. The van der Waals surface area contributed by atoms with Gasteiger partial charge in [-0.25, -0.2) is 13.1 Å². The van der Waals surface area contributed by atoms with Gasteiger partial charge in [-0.3, -0.25) is 0 Å². The average molecular weight is 416 g/mol. The summed E-state index contributed by atoms with van der Waals surface area (Å²) in [6, 6.07) is 12.7. The van der Waals surface area contributed by atoms with Crippen molar-refractivity contribution in [3.63, 3.8) is 0 Å². The fourth-order valence-corrected chi connectivity index (χ4v) is 4.73. The fourth-order valence-electron chi connectivity index (χ4n) is 3.67. The van der Waals surface area contributed by atoms with E-state index in [1.807, 2.05) is 38.2 Å². The summed E-state index contributed by atoms with van der Waals surface area (Å²) in [7, 11) is 2.20. The van der Waals surface area contributed by atoms with Crippen LogP contribution in [0.2, 0.25) is 0 Å². The zero-order valence-electron chi connectivity index (χ0n) is 16.8. The van der Waals surface area contributed by atoms with Crippen LogP contribution in [-0.4, -0.2) is 51.7 Å². The lowest BCUT2D eigenvalue weighted by atomic mass is 10.1. The first kappa shape index (κ1) is 19.8. The summed E-state index contributed by atoms with van der Waals surface area (Å²) in [6.07, 6.45) is 2.06. The van der Waals surface area contributed by atoms with E-state index in [1.165, 1.54) is 6.07 Å². The van der Waals surface area contributed by atoms with Gasteiger partial charge in [0, 0.05) is 42.8 Å². The van der Waals surface area contributed by atoms with Gasteiger partial charge in [0.25, 0.3) is 0 Å². The van der Waals surface area contributed by atoms with Gasteiger partial charge < -0.3 is 18.9 Å². The van der Waals surface area contributed by atoms with Gasteiger partial charge in [0.15, 0.2) is 11.5 Å². The Morgan fingerprint density at radius 2 is 1.83 bits per heavy atom. The van der Waals surface area contributed by atoms with Gasteiger partial charge >= 0.3 is 0 Å². The topological polar surface area (TPSA) is 72.8 Å². The highest BCUT2D eigenvalue weighted by atomic mass is 32.2. The van der Waals surface area contributed by atoms with Crippen molar-refractivity contribution in [1.29, 1.82) is 0 Å². The van der Waals surface area contributed by atoms with E-state index in [1.54, 1.807) is 12.1 Å². The van der Waals surface area contributed by atoms with Crippen LogP contribution in [0.4, 0.5) is 0 Å². The molecule has 29 heavy (non-hydrogen) atoms. The summed E-state index contributed by atoms with van der Waals surface area (Å²) in [6.45, 7) is 1.12. The Balaban J connectivity index is 1.59. The summed E-state index contributed by atoms with van der Waals surface area (Å²) in [4.78, 5) is 2.19. The van der Waals surface area contributed by atoms with E-state index in [4.69, 9.17) is 9.47 Å². The van der Waals surface area contributed by atoms with Gasteiger partial charge in [0.2, 0.25) is 10.0 Å². The van der Waals surface area contributed by atoms with E-state index in [2.05, 4.69) is 27.6 Å². The van der Waals surface area contributed by atoms with E-state index in [0.717, 1.165) is 16.5 Å². The largest absolute Gasteiger partial charge is 0.486 e. The molecule has 2 heterocycles. The fraction of sp³-hybridized carbons (Fsp3) is 0.333. The van der Waals surface area contributed by atoms with Crippen molar-refractivity contribution >= 4 is 20.9 Å². The molecule has 1 aliphatic rings. The maximum absolute atomic E-state index is 12.9. The molecule has 0 saturated heterocycles. The first-order chi connectivity index (χ1) is 13.9. The molecule has 0 fully saturated rings. The summed E-state index contributed by atoms with van der Waals surface area (Å²) in [5.41, 5.74) is 2.20.